The van der Waals surface area contributed by atoms with Crippen molar-refractivity contribution in [2.24, 2.45) is 5.73 Å². The van der Waals surface area contributed by atoms with Crippen LogP contribution < -0.4 is 11.1 Å². The average molecular weight is 223 g/mol. The maximum atomic E-state index is 5.49. The summed E-state index contributed by atoms with van der Waals surface area (Å²) in [7, 11) is 0. The van der Waals surface area contributed by atoms with Gasteiger partial charge in [0.05, 0.1) is 5.69 Å². The van der Waals surface area contributed by atoms with Crippen LogP contribution in [0.1, 0.15) is 37.8 Å². The highest BCUT2D eigenvalue weighted by molar-refractivity contribution is 4.90. The van der Waals surface area contributed by atoms with E-state index < -0.39 is 0 Å². The van der Waals surface area contributed by atoms with E-state index in [0.29, 0.717) is 12.6 Å². The Labute approximate surface area is 96.4 Å². The fourth-order valence-electron chi connectivity index (χ4n) is 2.18. The topological polar surface area (TPSA) is 68.8 Å². The average Bonchev–Trinajstić information content (AvgIpc) is 2.61. The van der Waals surface area contributed by atoms with Crippen LogP contribution in [0.25, 0.3) is 0 Å². The molecule has 90 valence electrons. The first-order chi connectivity index (χ1) is 7.88. The number of nitrogens with one attached hydrogen (secondary N) is 1. The first-order valence-electron chi connectivity index (χ1n) is 6.21. The Morgan fingerprint density at radius 3 is 3.19 bits per heavy atom. The van der Waals surface area contributed by atoms with E-state index in [2.05, 4.69) is 15.6 Å². The minimum absolute atomic E-state index is 0.474. The van der Waals surface area contributed by atoms with Crippen LogP contribution in [0.4, 0.5) is 0 Å². The molecule has 1 atom stereocenters. The first kappa shape index (κ1) is 11.5. The van der Waals surface area contributed by atoms with Crippen molar-refractivity contribution in [2.45, 2.75) is 51.2 Å². The summed E-state index contributed by atoms with van der Waals surface area (Å²) in [4.78, 5) is 0. The van der Waals surface area contributed by atoms with Gasteiger partial charge in [-0.05, 0) is 25.8 Å². The molecule has 0 bridgehead atoms. The van der Waals surface area contributed by atoms with E-state index in [1.54, 1.807) is 0 Å². The van der Waals surface area contributed by atoms with Crippen molar-refractivity contribution in [1.29, 1.82) is 0 Å². The lowest BCUT2D eigenvalue weighted by Gasteiger charge is -2.14. The van der Waals surface area contributed by atoms with Gasteiger partial charge in [-0.15, -0.1) is 5.10 Å². The van der Waals surface area contributed by atoms with Crippen LogP contribution in [-0.2, 0) is 13.1 Å². The monoisotopic (exact) mass is 223 g/mol. The van der Waals surface area contributed by atoms with Gasteiger partial charge in [-0.25, -0.2) is 0 Å². The molecule has 1 aliphatic heterocycles. The van der Waals surface area contributed by atoms with Gasteiger partial charge in [0.25, 0.3) is 0 Å². The number of rotatable bonds is 4. The highest BCUT2D eigenvalue weighted by Crippen LogP contribution is 2.11. The molecule has 0 amide bonds. The minimum Gasteiger partial charge on any atom is -0.325 e. The van der Waals surface area contributed by atoms with Crippen molar-refractivity contribution < 1.29 is 0 Å². The van der Waals surface area contributed by atoms with Gasteiger partial charge >= 0.3 is 0 Å². The third kappa shape index (κ3) is 3.28. The summed E-state index contributed by atoms with van der Waals surface area (Å²) >= 11 is 0. The highest BCUT2D eigenvalue weighted by Gasteiger charge is 2.11. The molecule has 1 saturated heterocycles. The summed E-state index contributed by atoms with van der Waals surface area (Å²) in [6.07, 6.45) is 8.40. The molecular formula is C11H21N5. The number of aromatic nitrogens is 3. The summed E-state index contributed by atoms with van der Waals surface area (Å²) in [6, 6.07) is 0.646. The maximum absolute atomic E-state index is 5.49. The van der Waals surface area contributed by atoms with Crippen LogP contribution in [0.15, 0.2) is 6.20 Å². The van der Waals surface area contributed by atoms with Gasteiger partial charge in [0, 0.05) is 25.3 Å². The zero-order chi connectivity index (χ0) is 11.2. The molecule has 0 spiro atoms. The summed E-state index contributed by atoms with van der Waals surface area (Å²) in [6.45, 7) is 2.57. The van der Waals surface area contributed by atoms with Gasteiger partial charge < -0.3 is 11.1 Å². The molecular weight excluding hydrogens is 202 g/mol. The number of aryl methyl sites for hydroxylation is 1. The van der Waals surface area contributed by atoms with Crippen molar-refractivity contribution in [1.82, 2.24) is 20.3 Å². The summed E-state index contributed by atoms with van der Waals surface area (Å²) in [5, 5.41) is 11.6. The Kier molecular flexibility index (Phi) is 4.30. The lowest BCUT2D eigenvalue weighted by molar-refractivity contribution is 0.427. The van der Waals surface area contributed by atoms with Crippen molar-refractivity contribution >= 4 is 0 Å². The summed E-state index contributed by atoms with van der Waals surface area (Å²) in [5.41, 5.74) is 6.36. The van der Waals surface area contributed by atoms with Crippen molar-refractivity contribution in [3.63, 3.8) is 0 Å². The van der Waals surface area contributed by atoms with Crippen molar-refractivity contribution in [2.75, 3.05) is 6.54 Å². The predicted octanol–water partition coefficient (Wildman–Crippen LogP) is 0.659. The van der Waals surface area contributed by atoms with Gasteiger partial charge in [0.2, 0.25) is 0 Å². The zero-order valence-electron chi connectivity index (χ0n) is 9.73. The van der Waals surface area contributed by atoms with Gasteiger partial charge in [0.15, 0.2) is 0 Å². The van der Waals surface area contributed by atoms with E-state index in [4.69, 9.17) is 5.73 Å². The Morgan fingerprint density at radius 2 is 2.38 bits per heavy atom. The first-order valence-corrected chi connectivity index (χ1v) is 6.21. The van der Waals surface area contributed by atoms with E-state index >= 15 is 0 Å². The molecule has 0 saturated carbocycles. The molecule has 0 aromatic carbocycles. The van der Waals surface area contributed by atoms with Gasteiger partial charge in [-0.2, -0.15) is 0 Å². The smallest absolute Gasteiger partial charge is 0.0962 e. The van der Waals surface area contributed by atoms with Crippen molar-refractivity contribution in [3.8, 4) is 0 Å². The third-order valence-corrected chi connectivity index (χ3v) is 3.16. The van der Waals surface area contributed by atoms with Crippen LogP contribution in [0.3, 0.4) is 0 Å². The quantitative estimate of drug-likeness (QED) is 0.786. The number of nitrogens with zero attached hydrogens (tertiary/aromatic N) is 3. The normalized spacial score (nSPS) is 21.9. The molecule has 5 heteroatoms. The second-order valence-corrected chi connectivity index (χ2v) is 4.47. The molecule has 2 rings (SSSR count). The molecule has 1 unspecified atom stereocenters. The maximum Gasteiger partial charge on any atom is 0.0962 e. The van der Waals surface area contributed by atoms with Gasteiger partial charge in [-0.3, -0.25) is 4.68 Å². The largest absolute Gasteiger partial charge is 0.325 e. The standard InChI is InChI=1S/C11H21N5/c12-8-11-9-16(15-14-11)7-5-10-4-2-1-3-6-13-10/h9-10,13H,1-8,12H2. The van der Waals surface area contributed by atoms with Crippen LogP contribution >= 0.6 is 0 Å². The molecule has 1 aromatic heterocycles. The second kappa shape index (κ2) is 5.96. The Balaban J connectivity index is 1.77. The van der Waals surface area contributed by atoms with Crippen molar-refractivity contribution in [3.05, 3.63) is 11.9 Å². The van der Waals surface area contributed by atoms with E-state index in [1.807, 2.05) is 10.9 Å². The van der Waals surface area contributed by atoms with E-state index in [-0.39, 0.29) is 0 Å². The minimum atomic E-state index is 0.474. The molecule has 0 aliphatic carbocycles. The third-order valence-electron chi connectivity index (χ3n) is 3.16. The molecule has 1 fully saturated rings. The molecule has 1 aliphatic rings. The zero-order valence-corrected chi connectivity index (χ0v) is 9.73. The Hall–Kier alpha value is -0.940. The van der Waals surface area contributed by atoms with E-state index in [9.17, 15) is 0 Å². The molecule has 0 radical (unpaired) electrons. The fraction of sp³-hybridized carbons (Fsp3) is 0.818. The van der Waals surface area contributed by atoms with Gasteiger partial charge in [-0.1, -0.05) is 18.1 Å². The Bertz CT molecular complexity index is 301. The second-order valence-electron chi connectivity index (χ2n) is 4.47. The fourth-order valence-corrected chi connectivity index (χ4v) is 2.18. The predicted molar refractivity (Wildman–Crippen MR) is 62.8 cm³/mol. The molecule has 16 heavy (non-hydrogen) atoms. The highest BCUT2D eigenvalue weighted by atomic mass is 15.4. The SMILES string of the molecule is NCc1cn(CCC2CCCCCN2)nn1. The molecule has 1 aromatic rings. The lowest BCUT2D eigenvalue weighted by Crippen LogP contribution is -2.29. The van der Waals surface area contributed by atoms with Crippen LogP contribution in [-0.4, -0.2) is 27.6 Å². The van der Waals surface area contributed by atoms with Crippen LogP contribution in [0, 0.1) is 0 Å². The van der Waals surface area contributed by atoms with Crippen LogP contribution in [0.2, 0.25) is 0 Å². The number of hydrogen-bond donors (Lipinski definition) is 2. The van der Waals surface area contributed by atoms with Crippen LogP contribution in [0.5, 0.6) is 0 Å². The number of nitrogens with two attached hydrogens (primary N) is 1. The number of hydrogen-bond acceptors (Lipinski definition) is 4. The summed E-state index contributed by atoms with van der Waals surface area (Å²) < 4.78 is 1.90. The van der Waals surface area contributed by atoms with E-state index in [1.165, 1.54) is 25.7 Å². The van der Waals surface area contributed by atoms with E-state index in [0.717, 1.165) is 25.2 Å². The van der Waals surface area contributed by atoms with Gasteiger partial charge in [0.1, 0.15) is 0 Å². The Morgan fingerprint density at radius 1 is 1.44 bits per heavy atom. The summed E-state index contributed by atoms with van der Waals surface area (Å²) in [5.74, 6) is 0. The molecule has 3 N–H and O–H groups in total. The molecule has 5 nitrogen and oxygen atoms in total. The lowest BCUT2D eigenvalue weighted by atomic mass is 10.1. The molecule has 2 heterocycles.